The second-order valence-electron chi connectivity index (χ2n) is 3.46. The third-order valence-electron chi connectivity index (χ3n) is 2.15. The molecule has 0 saturated carbocycles. The zero-order valence-corrected chi connectivity index (χ0v) is 7.66. The number of aliphatic hydroxyl groups is 1. The molecule has 0 bridgehead atoms. The highest BCUT2D eigenvalue weighted by Crippen LogP contribution is 2.19. The molecule has 0 radical (unpaired) electrons. The molecule has 0 aromatic carbocycles. The Morgan fingerprint density at radius 2 is 2.17 bits per heavy atom. The lowest BCUT2D eigenvalue weighted by atomic mass is 9.97. The molecular formula is C8H16N2O2. The van der Waals surface area contributed by atoms with E-state index in [1.54, 1.807) is 23.9 Å². The summed E-state index contributed by atoms with van der Waals surface area (Å²) in [6.07, 6.45) is 0.817. The fourth-order valence-corrected chi connectivity index (χ4v) is 1.37. The summed E-state index contributed by atoms with van der Waals surface area (Å²) in [4.78, 5) is 14.6. The molecule has 1 aliphatic rings. The van der Waals surface area contributed by atoms with E-state index in [0.29, 0.717) is 5.92 Å². The van der Waals surface area contributed by atoms with Crippen molar-refractivity contribution in [2.24, 2.45) is 5.92 Å². The normalized spacial score (nSPS) is 17.4. The number of likely N-dealkylation sites (tertiary alicyclic amines) is 1. The lowest BCUT2D eigenvalue weighted by molar-refractivity contribution is 0.0862. The summed E-state index contributed by atoms with van der Waals surface area (Å²) in [5.74, 6) is 0.513. The summed E-state index contributed by atoms with van der Waals surface area (Å²) >= 11 is 0. The standard InChI is InChI=1S/C8H16N2O2/c1-9(2)8(12)10-5-7(6-10)3-4-11/h7,11H,3-6H2,1-2H3. The Morgan fingerprint density at radius 3 is 2.58 bits per heavy atom. The number of hydrogen-bond acceptors (Lipinski definition) is 2. The van der Waals surface area contributed by atoms with Crippen LogP contribution in [0.1, 0.15) is 6.42 Å². The predicted molar refractivity (Wildman–Crippen MR) is 45.8 cm³/mol. The van der Waals surface area contributed by atoms with Gasteiger partial charge >= 0.3 is 6.03 Å². The summed E-state index contributed by atoms with van der Waals surface area (Å²) in [5.41, 5.74) is 0. The molecule has 0 aromatic heterocycles. The molecule has 0 unspecified atom stereocenters. The van der Waals surface area contributed by atoms with Gasteiger partial charge in [-0.25, -0.2) is 4.79 Å². The van der Waals surface area contributed by atoms with Crippen LogP contribution in [-0.2, 0) is 0 Å². The molecular weight excluding hydrogens is 156 g/mol. The van der Waals surface area contributed by atoms with Crippen molar-refractivity contribution in [3.63, 3.8) is 0 Å². The molecule has 12 heavy (non-hydrogen) atoms. The number of carbonyl (C=O) groups excluding carboxylic acids is 1. The van der Waals surface area contributed by atoms with E-state index in [2.05, 4.69) is 0 Å². The summed E-state index contributed by atoms with van der Waals surface area (Å²) in [6, 6.07) is 0.0733. The van der Waals surface area contributed by atoms with Crippen LogP contribution in [0.2, 0.25) is 0 Å². The van der Waals surface area contributed by atoms with Crippen LogP contribution in [0.15, 0.2) is 0 Å². The summed E-state index contributed by atoms with van der Waals surface area (Å²) in [5, 5.41) is 8.62. The lowest BCUT2D eigenvalue weighted by Gasteiger charge is -2.40. The maximum atomic E-state index is 11.3. The zero-order chi connectivity index (χ0) is 9.14. The van der Waals surface area contributed by atoms with Gasteiger partial charge in [-0.1, -0.05) is 0 Å². The SMILES string of the molecule is CN(C)C(=O)N1CC(CCO)C1. The van der Waals surface area contributed by atoms with Gasteiger partial charge in [0.1, 0.15) is 0 Å². The first-order valence-electron chi connectivity index (χ1n) is 4.22. The summed E-state index contributed by atoms with van der Waals surface area (Å²) < 4.78 is 0. The minimum Gasteiger partial charge on any atom is -0.396 e. The van der Waals surface area contributed by atoms with Gasteiger partial charge in [0.05, 0.1) is 0 Å². The lowest BCUT2D eigenvalue weighted by Crippen LogP contribution is -2.53. The van der Waals surface area contributed by atoms with Crippen molar-refractivity contribution in [2.45, 2.75) is 6.42 Å². The first-order chi connectivity index (χ1) is 5.65. The second-order valence-corrected chi connectivity index (χ2v) is 3.46. The van der Waals surface area contributed by atoms with E-state index in [1.807, 2.05) is 0 Å². The van der Waals surface area contributed by atoms with Gasteiger partial charge in [-0.15, -0.1) is 0 Å². The van der Waals surface area contributed by atoms with Gasteiger partial charge < -0.3 is 14.9 Å². The van der Waals surface area contributed by atoms with Gasteiger partial charge in [-0.2, -0.15) is 0 Å². The monoisotopic (exact) mass is 172 g/mol. The Balaban J connectivity index is 2.20. The fraction of sp³-hybridized carbons (Fsp3) is 0.875. The van der Waals surface area contributed by atoms with E-state index in [-0.39, 0.29) is 12.6 Å². The van der Waals surface area contributed by atoms with E-state index >= 15 is 0 Å². The molecule has 1 heterocycles. The highest BCUT2D eigenvalue weighted by molar-refractivity contribution is 5.74. The van der Waals surface area contributed by atoms with Crippen LogP contribution in [-0.4, -0.2) is 54.7 Å². The van der Waals surface area contributed by atoms with Gasteiger partial charge in [0.15, 0.2) is 0 Å². The molecule has 1 rings (SSSR count). The molecule has 70 valence electrons. The van der Waals surface area contributed by atoms with Crippen LogP contribution in [0.5, 0.6) is 0 Å². The summed E-state index contributed by atoms with van der Waals surface area (Å²) in [7, 11) is 3.50. The van der Waals surface area contributed by atoms with Crippen molar-refractivity contribution in [3.8, 4) is 0 Å². The van der Waals surface area contributed by atoms with Gasteiger partial charge in [0, 0.05) is 33.8 Å². The van der Waals surface area contributed by atoms with Crippen molar-refractivity contribution in [1.29, 1.82) is 0 Å². The fourth-order valence-electron chi connectivity index (χ4n) is 1.37. The van der Waals surface area contributed by atoms with Crippen molar-refractivity contribution in [1.82, 2.24) is 9.80 Å². The van der Waals surface area contributed by atoms with E-state index in [0.717, 1.165) is 19.5 Å². The highest BCUT2D eigenvalue weighted by atomic mass is 16.3. The average Bonchev–Trinajstić information content (AvgIpc) is 1.94. The quantitative estimate of drug-likeness (QED) is 0.636. The van der Waals surface area contributed by atoms with E-state index in [4.69, 9.17) is 5.11 Å². The van der Waals surface area contributed by atoms with Crippen LogP contribution in [0, 0.1) is 5.92 Å². The van der Waals surface area contributed by atoms with Crippen molar-refractivity contribution in [3.05, 3.63) is 0 Å². The van der Waals surface area contributed by atoms with Crippen LogP contribution in [0.3, 0.4) is 0 Å². The molecule has 4 nitrogen and oxygen atoms in total. The number of carbonyl (C=O) groups is 1. The Labute approximate surface area is 72.8 Å². The molecule has 1 fully saturated rings. The molecule has 4 heteroatoms. The molecule has 0 aromatic rings. The average molecular weight is 172 g/mol. The smallest absolute Gasteiger partial charge is 0.319 e. The van der Waals surface area contributed by atoms with Crippen LogP contribution in [0.25, 0.3) is 0 Å². The third-order valence-corrected chi connectivity index (χ3v) is 2.15. The minimum absolute atomic E-state index is 0.0733. The Hall–Kier alpha value is -0.770. The van der Waals surface area contributed by atoms with Crippen LogP contribution >= 0.6 is 0 Å². The molecule has 0 atom stereocenters. The third kappa shape index (κ3) is 1.88. The minimum atomic E-state index is 0.0733. The number of urea groups is 1. The molecule has 1 N–H and O–H groups in total. The van der Waals surface area contributed by atoms with Gasteiger partial charge in [-0.05, 0) is 12.3 Å². The van der Waals surface area contributed by atoms with Crippen molar-refractivity contribution >= 4 is 6.03 Å². The van der Waals surface area contributed by atoms with Crippen molar-refractivity contribution < 1.29 is 9.90 Å². The van der Waals surface area contributed by atoms with Crippen molar-refractivity contribution in [2.75, 3.05) is 33.8 Å². The first-order valence-corrected chi connectivity index (χ1v) is 4.22. The first kappa shape index (κ1) is 9.32. The number of amides is 2. The van der Waals surface area contributed by atoms with Crippen LogP contribution in [0.4, 0.5) is 4.79 Å². The number of rotatable bonds is 2. The second kappa shape index (κ2) is 3.76. The highest BCUT2D eigenvalue weighted by Gasteiger charge is 2.30. The Kier molecular flexibility index (Phi) is 2.92. The maximum absolute atomic E-state index is 11.3. The largest absolute Gasteiger partial charge is 0.396 e. The molecule has 2 amide bonds. The van der Waals surface area contributed by atoms with E-state index in [9.17, 15) is 4.79 Å². The van der Waals surface area contributed by atoms with Gasteiger partial charge in [-0.3, -0.25) is 0 Å². The molecule has 0 spiro atoms. The van der Waals surface area contributed by atoms with Crippen LogP contribution < -0.4 is 0 Å². The number of hydrogen-bond donors (Lipinski definition) is 1. The van der Waals surface area contributed by atoms with E-state index in [1.165, 1.54) is 0 Å². The summed E-state index contributed by atoms with van der Waals surface area (Å²) in [6.45, 7) is 1.84. The van der Waals surface area contributed by atoms with E-state index < -0.39 is 0 Å². The van der Waals surface area contributed by atoms with Gasteiger partial charge in [0.25, 0.3) is 0 Å². The molecule has 1 saturated heterocycles. The Morgan fingerprint density at radius 1 is 1.58 bits per heavy atom. The predicted octanol–water partition coefficient (Wildman–Crippen LogP) is -0.0178. The topological polar surface area (TPSA) is 43.8 Å². The Bertz CT molecular complexity index is 164. The number of nitrogens with zero attached hydrogens (tertiary/aromatic N) is 2. The zero-order valence-electron chi connectivity index (χ0n) is 7.66. The van der Waals surface area contributed by atoms with Gasteiger partial charge in [0.2, 0.25) is 0 Å². The molecule has 0 aliphatic carbocycles. The molecule has 1 aliphatic heterocycles. The maximum Gasteiger partial charge on any atom is 0.319 e. The number of aliphatic hydroxyl groups excluding tert-OH is 1.